The lowest BCUT2D eigenvalue weighted by atomic mass is 10.0. The van der Waals surface area contributed by atoms with Crippen molar-refractivity contribution in [2.75, 3.05) is 0 Å². The van der Waals surface area contributed by atoms with Gasteiger partial charge >= 0.3 is 0 Å². The van der Waals surface area contributed by atoms with Gasteiger partial charge in [0.15, 0.2) is 0 Å². The third kappa shape index (κ3) is 3.81. The molecule has 0 spiro atoms. The van der Waals surface area contributed by atoms with Crippen molar-refractivity contribution in [2.24, 2.45) is 0 Å². The zero-order valence-electron chi connectivity index (χ0n) is 10.7. The number of benzene rings is 1. The summed E-state index contributed by atoms with van der Waals surface area (Å²) in [4.78, 5) is 13.3. The molecule has 0 amide bonds. The molecule has 0 atom stereocenters. The number of hydrogen-bond donors (Lipinski definition) is 0. The molecule has 18 heavy (non-hydrogen) atoms. The van der Waals surface area contributed by atoms with E-state index in [4.69, 9.17) is 0 Å². The van der Waals surface area contributed by atoms with Crippen LogP contribution in [-0.4, -0.2) is 5.78 Å². The van der Waals surface area contributed by atoms with Crippen LogP contribution in [0.4, 0.5) is 0 Å². The Labute approximate surface area is 112 Å². The molecular formula is C16H18OS. The van der Waals surface area contributed by atoms with Crippen LogP contribution in [0.1, 0.15) is 28.8 Å². The van der Waals surface area contributed by atoms with Gasteiger partial charge in [0.05, 0.1) is 0 Å². The van der Waals surface area contributed by atoms with Gasteiger partial charge in [-0.2, -0.15) is 0 Å². The normalized spacial score (nSPS) is 10.5. The lowest BCUT2D eigenvalue weighted by Crippen LogP contribution is -2.04. The smallest absolute Gasteiger partial charge is 0.137 e. The van der Waals surface area contributed by atoms with Crippen molar-refractivity contribution in [1.29, 1.82) is 0 Å². The third-order valence-electron chi connectivity index (χ3n) is 3.11. The second-order valence-electron chi connectivity index (χ2n) is 4.57. The average Bonchev–Trinajstić information content (AvgIpc) is 2.85. The SMILES string of the molecule is Cc1ccccc1CC(=O)CCCc1cccs1. The number of thiophene rings is 1. The Balaban J connectivity index is 1.77. The van der Waals surface area contributed by atoms with Gasteiger partial charge in [0, 0.05) is 17.7 Å². The zero-order valence-corrected chi connectivity index (χ0v) is 11.5. The fraction of sp³-hybridized carbons (Fsp3) is 0.312. The summed E-state index contributed by atoms with van der Waals surface area (Å²) in [5, 5.41) is 2.09. The fourth-order valence-corrected chi connectivity index (χ4v) is 2.78. The number of carbonyl (C=O) groups excluding carboxylic acids is 1. The lowest BCUT2D eigenvalue weighted by Gasteiger charge is -2.04. The van der Waals surface area contributed by atoms with Crippen LogP contribution in [-0.2, 0) is 17.6 Å². The van der Waals surface area contributed by atoms with Crippen molar-refractivity contribution >= 4 is 17.1 Å². The Hall–Kier alpha value is -1.41. The Bertz CT molecular complexity index is 500. The molecule has 0 bridgehead atoms. The number of hydrogen-bond acceptors (Lipinski definition) is 2. The molecule has 1 aromatic heterocycles. The summed E-state index contributed by atoms with van der Waals surface area (Å²) in [7, 11) is 0. The number of ketones is 1. The molecule has 0 fully saturated rings. The number of carbonyl (C=O) groups is 1. The molecule has 0 aliphatic carbocycles. The van der Waals surface area contributed by atoms with Crippen molar-refractivity contribution in [1.82, 2.24) is 0 Å². The highest BCUT2D eigenvalue weighted by molar-refractivity contribution is 7.09. The molecule has 1 nitrogen and oxygen atoms in total. The van der Waals surface area contributed by atoms with E-state index in [1.807, 2.05) is 18.2 Å². The van der Waals surface area contributed by atoms with E-state index in [0.29, 0.717) is 18.6 Å². The van der Waals surface area contributed by atoms with E-state index in [1.165, 1.54) is 16.0 Å². The van der Waals surface area contributed by atoms with Gasteiger partial charge in [-0.05, 0) is 42.3 Å². The van der Waals surface area contributed by atoms with Gasteiger partial charge in [0.2, 0.25) is 0 Å². The van der Waals surface area contributed by atoms with Crippen LogP contribution in [0.2, 0.25) is 0 Å². The summed E-state index contributed by atoms with van der Waals surface area (Å²) in [5.74, 6) is 0.348. The fourth-order valence-electron chi connectivity index (χ4n) is 2.02. The van der Waals surface area contributed by atoms with E-state index in [-0.39, 0.29) is 0 Å². The average molecular weight is 258 g/mol. The first kappa shape index (κ1) is 13.0. The van der Waals surface area contributed by atoms with E-state index in [1.54, 1.807) is 11.3 Å². The first-order valence-corrected chi connectivity index (χ1v) is 7.22. The van der Waals surface area contributed by atoms with E-state index in [2.05, 4.69) is 30.5 Å². The minimum Gasteiger partial charge on any atom is -0.299 e. The molecule has 2 rings (SSSR count). The lowest BCUT2D eigenvalue weighted by molar-refractivity contribution is -0.118. The molecule has 1 aromatic carbocycles. The standard InChI is InChI=1S/C16H18OS/c1-13-6-2-3-7-14(13)12-15(17)8-4-9-16-10-5-11-18-16/h2-3,5-7,10-11H,4,8-9,12H2,1H3. The molecule has 0 radical (unpaired) electrons. The molecule has 0 aliphatic rings. The molecule has 2 heteroatoms. The first-order valence-electron chi connectivity index (χ1n) is 6.34. The number of rotatable bonds is 6. The van der Waals surface area contributed by atoms with Crippen molar-refractivity contribution < 1.29 is 4.79 Å². The van der Waals surface area contributed by atoms with Gasteiger partial charge in [-0.1, -0.05) is 30.3 Å². The van der Waals surface area contributed by atoms with Gasteiger partial charge in [0.1, 0.15) is 5.78 Å². The van der Waals surface area contributed by atoms with Crippen molar-refractivity contribution in [3.63, 3.8) is 0 Å². The van der Waals surface area contributed by atoms with Crippen molar-refractivity contribution in [2.45, 2.75) is 32.6 Å². The predicted octanol–water partition coefficient (Wildman–Crippen LogP) is 4.19. The maximum absolute atomic E-state index is 11.9. The van der Waals surface area contributed by atoms with E-state index >= 15 is 0 Å². The second kappa shape index (κ2) is 6.50. The number of aryl methyl sites for hydroxylation is 2. The molecule has 94 valence electrons. The second-order valence-corrected chi connectivity index (χ2v) is 5.61. The summed E-state index contributed by atoms with van der Waals surface area (Å²) in [6.45, 7) is 2.06. The third-order valence-corrected chi connectivity index (χ3v) is 4.04. The molecule has 0 saturated carbocycles. The molecule has 0 saturated heterocycles. The summed E-state index contributed by atoms with van der Waals surface area (Å²) in [5.41, 5.74) is 2.38. The topological polar surface area (TPSA) is 17.1 Å². The van der Waals surface area contributed by atoms with E-state index in [0.717, 1.165) is 12.8 Å². The largest absolute Gasteiger partial charge is 0.299 e. The molecule has 0 N–H and O–H groups in total. The van der Waals surface area contributed by atoms with Crippen LogP contribution in [0, 0.1) is 6.92 Å². The van der Waals surface area contributed by atoms with E-state index < -0.39 is 0 Å². The zero-order chi connectivity index (χ0) is 12.8. The molecule has 2 aromatic rings. The Morgan fingerprint density at radius 1 is 1.17 bits per heavy atom. The highest BCUT2D eigenvalue weighted by Crippen LogP contribution is 2.14. The van der Waals surface area contributed by atoms with Crippen molar-refractivity contribution in [3.8, 4) is 0 Å². The number of Topliss-reactive ketones (excluding diaryl/α,β-unsaturated/α-hetero) is 1. The summed E-state index contributed by atoms with van der Waals surface area (Å²) < 4.78 is 0. The highest BCUT2D eigenvalue weighted by Gasteiger charge is 2.06. The Morgan fingerprint density at radius 3 is 2.72 bits per heavy atom. The van der Waals surface area contributed by atoms with Crippen LogP contribution in [0.3, 0.4) is 0 Å². The Morgan fingerprint density at radius 2 is 2.00 bits per heavy atom. The van der Waals surface area contributed by atoms with E-state index in [9.17, 15) is 4.79 Å². The van der Waals surface area contributed by atoms with Crippen LogP contribution in [0.5, 0.6) is 0 Å². The predicted molar refractivity (Wildman–Crippen MR) is 77.1 cm³/mol. The summed E-state index contributed by atoms with van der Waals surface area (Å²) >= 11 is 1.77. The minimum atomic E-state index is 0.348. The first-order chi connectivity index (χ1) is 8.75. The highest BCUT2D eigenvalue weighted by atomic mass is 32.1. The summed E-state index contributed by atoms with van der Waals surface area (Å²) in [6.07, 6.45) is 3.26. The van der Waals surface area contributed by atoms with Gasteiger partial charge in [0.25, 0.3) is 0 Å². The van der Waals surface area contributed by atoms with Crippen LogP contribution >= 0.6 is 11.3 Å². The maximum atomic E-state index is 11.9. The van der Waals surface area contributed by atoms with Gasteiger partial charge in [-0.3, -0.25) is 4.79 Å². The Kier molecular flexibility index (Phi) is 4.71. The van der Waals surface area contributed by atoms with Crippen LogP contribution < -0.4 is 0 Å². The van der Waals surface area contributed by atoms with Gasteiger partial charge < -0.3 is 0 Å². The molecule has 0 aliphatic heterocycles. The minimum absolute atomic E-state index is 0.348. The van der Waals surface area contributed by atoms with Crippen LogP contribution in [0.25, 0.3) is 0 Å². The summed E-state index contributed by atoms with van der Waals surface area (Å²) in [6, 6.07) is 12.3. The molecule has 0 unspecified atom stereocenters. The van der Waals surface area contributed by atoms with Crippen molar-refractivity contribution in [3.05, 3.63) is 57.8 Å². The molecular weight excluding hydrogens is 240 g/mol. The van der Waals surface area contributed by atoms with Gasteiger partial charge in [-0.15, -0.1) is 11.3 Å². The van der Waals surface area contributed by atoms with Crippen LogP contribution in [0.15, 0.2) is 41.8 Å². The quantitative estimate of drug-likeness (QED) is 0.759. The van der Waals surface area contributed by atoms with Gasteiger partial charge in [-0.25, -0.2) is 0 Å². The monoisotopic (exact) mass is 258 g/mol. The molecule has 1 heterocycles. The maximum Gasteiger partial charge on any atom is 0.137 e.